The van der Waals surface area contributed by atoms with Crippen molar-refractivity contribution in [2.75, 3.05) is 25.1 Å². The van der Waals surface area contributed by atoms with E-state index in [1.54, 1.807) is 29.5 Å². The summed E-state index contributed by atoms with van der Waals surface area (Å²) in [7, 11) is 0. The smallest absolute Gasteiger partial charge is 0.319 e. The highest BCUT2D eigenvalue weighted by Gasteiger charge is 2.12. The van der Waals surface area contributed by atoms with Crippen LogP contribution in [0.3, 0.4) is 0 Å². The van der Waals surface area contributed by atoms with Crippen LogP contribution >= 0.6 is 11.3 Å². The molecule has 0 saturated heterocycles. The first-order valence-corrected chi connectivity index (χ1v) is 10.0. The Morgan fingerprint density at radius 3 is 2.71 bits per heavy atom. The topological polar surface area (TPSA) is 72.5 Å². The number of hydrogen-bond donors (Lipinski definition) is 2. The van der Waals surface area contributed by atoms with E-state index >= 15 is 0 Å². The van der Waals surface area contributed by atoms with Gasteiger partial charge >= 0.3 is 6.03 Å². The van der Waals surface area contributed by atoms with Gasteiger partial charge in [-0.3, -0.25) is 0 Å². The molecule has 2 aromatic carbocycles. The largest absolute Gasteiger partial charge is 0.486 e. The molecule has 0 radical (unpaired) electrons. The predicted octanol–water partition coefficient (Wildman–Crippen LogP) is 4.25. The summed E-state index contributed by atoms with van der Waals surface area (Å²) in [6.45, 7) is 3.63. The standard InChI is InChI=1S/C21H21N3O3S/c1-14-2-4-15(5-3-14)20-23-17(13-28-20)8-9-22-21(25)24-16-6-7-18-19(12-16)27-11-10-26-18/h2-7,12-13H,8-11H2,1H3,(H2,22,24,25). The van der Waals surface area contributed by atoms with E-state index < -0.39 is 0 Å². The first-order valence-electron chi connectivity index (χ1n) is 9.13. The van der Waals surface area contributed by atoms with E-state index in [2.05, 4.69) is 46.8 Å². The maximum absolute atomic E-state index is 12.1. The Kier molecular flexibility index (Phi) is 5.43. The van der Waals surface area contributed by atoms with Gasteiger partial charge in [0.25, 0.3) is 0 Å². The van der Waals surface area contributed by atoms with Gasteiger partial charge in [0.05, 0.1) is 5.69 Å². The van der Waals surface area contributed by atoms with Crippen molar-refractivity contribution in [2.45, 2.75) is 13.3 Å². The predicted molar refractivity (Wildman–Crippen MR) is 110 cm³/mol. The summed E-state index contributed by atoms with van der Waals surface area (Å²) >= 11 is 1.62. The molecule has 28 heavy (non-hydrogen) atoms. The number of aryl methyl sites for hydroxylation is 1. The maximum atomic E-state index is 12.1. The van der Waals surface area contributed by atoms with Crippen LogP contribution in [0.1, 0.15) is 11.3 Å². The first kappa shape index (κ1) is 18.3. The number of fused-ring (bicyclic) bond motifs is 1. The van der Waals surface area contributed by atoms with Crippen LogP contribution in [0.5, 0.6) is 11.5 Å². The van der Waals surface area contributed by atoms with Crippen LogP contribution in [0, 0.1) is 6.92 Å². The molecule has 6 nitrogen and oxygen atoms in total. The lowest BCUT2D eigenvalue weighted by Gasteiger charge is -2.19. The van der Waals surface area contributed by atoms with Crippen LogP contribution in [0.4, 0.5) is 10.5 Å². The monoisotopic (exact) mass is 395 g/mol. The van der Waals surface area contributed by atoms with Gasteiger partial charge < -0.3 is 20.1 Å². The van der Waals surface area contributed by atoms with Gasteiger partial charge in [-0.2, -0.15) is 0 Å². The minimum Gasteiger partial charge on any atom is -0.486 e. The number of carbonyl (C=O) groups is 1. The third-order valence-corrected chi connectivity index (χ3v) is 5.26. The van der Waals surface area contributed by atoms with E-state index in [-0.39, 0.29) is 6.03 Å². The molecule has 4 rings (SSSR count). The molecule has 0 saturated carbocycles. The minimum absolute atomic E-state index is 0.259. The number of hydrogen-bond acceptors (Lipinski definition) is 5. The Morgan fingerprint density at radius 2 is 1.89 bits per heavy atom. The summed E-state index contributed by atoms with van der Waals surface area (Å²) in [5.74, 6) is 1.35. The van der Waals surface area contributed by atoms with Crippen molar-refractivity contribution in [2.24, 2.45) is 0 Å². The molecule has 0 unspecified atom stereocenters. The summed E-state index contributed by atoms with van der Waals surface area (Å²) in [4.78, 5) is 16.8. The number of ether oxygens (including phenoxy) is 2. The molecule has 0 fully saturated rings. The third kappa shape index (κ3) is 4.43. The zero-order chi connectivity index (χ0) is 19.3. The van der Waals surface area contributed by atoms with Crippen LogP contribution < -0.4 is 20.1 Å². The van der Waals surface area contributed by atoms with Gasteiger partial charge in [0.1, 0.15) is 18.2 Å². The van der Waals surface area contributed by atoms with Crippen molar-refractivity contribution in [3.8, 4) is 22.1 Å². The Bertz CT molecular complexity index is 969. The van der Waals surface area contributed by atoms with Crippen LogP contribution in [0.25, 0.3) is 10.6 Å². The summed E-state index contributed by atoms with van der Waals surface area (Å²) in [5, 5.41) is 8.70. The van der Waals surface area contributed by atoms with Crippen LogP contribution in [-0.4, -0.2) is 30.8 Å². The van der Waals surface area contributed by atoms with Gasteiger partial charge in [-0.05, 0) is 19.1 Å². The van der Waals surface area contributed by atoms with Crippen molar-refractivity contribution in [1.82, 2.24) is 10.3 Å². The number of rotatable bonds is 5. The van der Waals surface area contributed by atoms with E-state index in [0.29, 0.717) is 43.4 Å². The van der Waals surface area contributed by atoms with Crippen molar-refractivity contribution in [3.63, 3.8) is 0 Å². The highest BCUT2D eigenvalue weighted by molar-refractivity contribution is 7.13. The number of nitrogens with zero attached hydrogens (tertiary/aromatic N) is 1. The summed E-state index contributed by atoms with van der Waals surface area (Å²) in [6.07, 6.45) is 0.678. The molecular weight excluding hydrogens is 374 g/mol. The van der Waals surface area contributed by atoms with Gasteiger partial charge in [-0.1, -0.05) is 29.8 Å². The molecule has 0 spiro atoms. The minimum atomic E-state index is -0.259. The lowest BCUT2D eigenvalue weighted by molar-refractivity contribution is 0.171. The van der Waals surface area contributed by atoms with Crippen LogP contribution in [-0.2, 0) is 6.42 Å². The molecular formula is C21H21N3O3S. The van der Waals surface area contributed by atoms with Crippen molar-refractivity contribution < 1.29 is 14.3 Å². The molecule has 0 bridgehead atoms. The molecule has 3 aromatic rings. The zero-order valence-electron chi connectivity index (χ0n) is 15.5. The number of carbonyl (C=O) groups excluding carboxylic acids is 1. The third-order valence-electron chi connectivity index (χ3n) is 4.32. The lowest BCUT2D eigenvalue weighted by atomic mass is 10.2. The van der Waals surface area contributed by atoms with Crippen molar-refractivity contribution in [1.29, 1.82) is 0 Å². The molecule has 1 aliphatic heterocycles. The highest BCUT2D eigenvalue weighted by Crippen LogP contribution is 2.32. The molecule has 0 atom stereocenters. The fraction of sp³-hybridized carbons (Fsp3) is 0.238. The first-order chi connectivity index (χ1) is 13.7. The normalized spacial score (nSPS) is 12.5. The molecule has 1 aromatic heterocycles. The summed E-state index contributed by atoms with van der Waals surface area (Å²) in [5.41, 5.74) is 3.98. The number of urea groups is 1. The maximum Gasteiger partial charge on any atom is 0.319 e. The van der Waals surface area contributed by atoms with E-state index in [1.165, 1.54) is 5.56 Å². The quantitative estimate of drug-likeness (QED) is 0.677. The second-order valence-corrected chi connectivity index (χ2v) is 7.36. The van der Waals surface area contributed by atoms with E-state index in [0.717, 1.165) is 16.3 Å². The van der Waals surface area contributed by atoms with Gasteiger partial charge in [0.2, 0.25) is 0 Å². The molecule has 2 heterocycles. The average molecular weight is 395 g/mol. The van der Waals surface area contributed by atoms with Crippen molar-refractivity contribution in [3.05, 3.63) is 59.1 Å². The fourth-order valence-electron chi connectivity index (χ4n) is 2.85. The Balaban J connectivity index is 1.27. The molecule has 7 heteroatoms. The number of thiazole rings is 1. The second kappa shape index (κ2) is 8.31. The SMILES string of the molecule is Cc1ccc(-c2nc(CCNC(=O)Nc3ccc4c(c3)OCCO4)cs2)cc1. The van der Waals surface area contributed by atoms with Gasteiger partial charge in [0.15, 0.2) is 11.5 Å². The van der Waals surface area contributed by atoms with E-state index in [9.17, 15) is 4.79 Å². The summed E-state index contributed by atoms with van der Waals surface area (Å²) < 4.78 is 11.0. The van der Waals surface area contributed by atoms with Crippen molar-refractivity contribution >= 4 is 23.1 Å². The second-order valence-electron chi connectivity index (χ2n) is 6.50. The van der Waals surface area contributed by atoms with Crippen LogP contribution in [0.15, 0.2) is 47.8 Å². The van der Waals surface area contributed by atoms with Gasteiger partial charge in [0, 0.05) is 35.7 Å². The van der Waals surface area contributed by atoms with Crippen LogP contribution in [0.2, 0.25) is 0 Å². The molecule has 1 aliphatic rings. The molecule has 2 amide bonds. The number of benzene rings is 2. The Hall–Kier alpha value is -3.06. The summed E-state index contributed by atoms with van der Waals surface area (Å²) in [6, 6.07) is 13.4. The van der Waals surface area contributed by atoms with Gasteiger partial charge in [-0.15, -0.1) is 11.3 Å². The molecule has 2 N–H and O–H groups in total. The lowest BCUT2D eigenvalue weighted by Crippen LogP contribution is -2.30. The zero-order valence-corrected chi connectivity index (χ0v) is 16.3. The Morgan fingerprint density at radius 1 is 1.11 bits per heavy atom. The number of aromatic nitrogens is 1. The van der Waals surface area contributed by atoms with E-state index in [1.807, 2.05) is 5.38 Å². The average Bonchev–Trinajstić information content (AvgIpc) is 3.17. The molecule has 0 aliphatic carbocycles. The highest BCUT2D eigenvalue weighted by atomic mass is 32.1. The number of anilines is 1. The molecule has 144 valence electrons. The van der Waals surface area contributed by atoms with E-state index in [4.69, 9.17) is 9.47 Å². The van der Waals surface area contributed by atoms with Gasteiger partial charge in [-0.25, -0.2) is 9.78 Å². The fourth-order valence-corrected chi connectivity index (χ4v) is 3.71. The number of nitrogens with one attached hydrogen (secondary N) is 2. The number of amides is 2. The Labute approximate surface area is 167 Å².